The number of hydrogen-bond donors (Lipinski definition) is 0. The van der Waals surface area contributed by atoms with Crippen LogP contribution in [0.4, 0.5) is 0 Å². The highest BCUT2D eigenvalue weighted by atomic mass is 32.2. The lowest BCUT2D eigenvalue weighted by Gasteiger charge is -2.31. The molecule has 0 spiro atoms. The summed E-state index contributed by atoms with van der Waals surface area (Å²) in [4.78, 5) is 1.57. The Balaban J connectivity index is 2.80. The van der Waals surface area contributed by atoms with Crippen LogP contribution in [0, 0.1) is 16.7 Å². The molecule has 82 valence electrons. The van der Waals surface area contributed by atoms with Gasteiger partial charge in [0, 0.05) is 5.25 Å². The quantitative estimate of drug-likeness (QED) is 0.560. The molecule has 0 amide bonds. The van der Waals surface area contributed by atoms with Crippen LogP contribution in [0.5, 0.6) is 0 Å². The largest absolute Gasteiger partial charge is 0.126 e. The van der Waals surface area contributed by atoms with Crippen molar-refractivity contribution in [2.45, 2.75) is 53.7 Å². The molecule has 0 bridgehead atoms. The van der Waals surface area contributed by atoms with Crippen molar-refractivity contribution >= 4 is 11.8 Å². The van der Waals surface area contributed by atoms with Crippen molar-refractivity contribution in [2.75, 3.05) is 0 Å². The molecule has 2 unspecified atom stereocenters. The maximum absolute atomic E-state index is 2.47. The maximum Gasteiger partial charge on any atom is 0.0200 e. The summed E-state index contributed by atoms with van der Waals surface area (Å²) in [6.45, 7) is 16.3. The molecule has 0 aromatic rings. The molecule has 1 heterocycles. The zero-order valence-electron chi connectivity index (χ0n) is 10.6. The van der Waals surface area contributed by atoms with Gasteiger partial charge in [-0.25, -0.2) is 0 Å². The highest BCUT2D eigenvalue weighted by Crippen LogP contribution is 2.51. The summed E-state index contributed by atoms with van der Waals surface area (Å²) in [7, 11) is 0. The van der Waals surface area contributed by atoms with Crippen molar-refractivity contribution in [1.82, 2.24) is 0 Å². The molecule has 2 atom stereocenters. The van der Waals surface area contributed by atoms with E-state index in [-0.39, 0.29) is 0 Å². The van der Waals surface area contributed by atoms with Gasteiger partial charge in [-0.05, 0) is 21.7 Å². The molecule has 0 saturated heterocycles. The predicted octanol–water partition coefficient (Wildman–Crippen LogP) is 4.71. The van der Waals surface area contributed by atoms with Crippen molar-refractivity contribution in [2.24, 2.45) is 16.7 Å². The van der Waals surface area contributed by atoms with E-state index in [0.29, 0.717) is 16.7 Å². The molecule has 0 aliphatic carbocycles. The van der Waals surface area contributed by atoms with E-state index >= 15 is 0 Å². The van der Waals surface area contributed by atoms with Gasteiger partial charge in [0.2, 0.25) is 0 Å². The van der Waals surface area contributed by atoms with Crippen LogP contribution < -0.4 is 0 Å². The predicted molar refractivity (Wildman–Crippen MR) is 67.5 cm³/mol. The lowest BCUT2D eigenvalue weighted by atomic mass is 9.84. The minimum atomic E-state index is 0.332. The van der Waals surface area contributed by atoms with E-state index in [4.69, 9.17) is 0 Å². The Morgan fingerprint density at radius 2 is 1.57 bits per heavy atom. The van der Waals surface area contributed by atoms with Crippen LogP contribution >= 0.6 is 11.8 Å². The third kappa shape index (κ3) is 2.56. The van der Waals surface area contributed by atoms with Crippen LogP contribution in [0.15, 0.2) is 11.0 Å². The molecule has 0 nitrogen and oxygen atoms in total. The van der Waals surface area contributed by atoms with Gasteiger partial charge >= 0.3 is 0 Å². The van der Waals surface area contributed by atoms with Gasteiger partial charge in [0.15, 0.2) is 0 Å². The van der Waals surface area contributed by atoms with Crippen molar-refractivity contribution < 1.29 is 0 Å². The Hall–Kier alpha value is 0.0900. The smallest absolute Gasteiger partial charge is 0.0200 e. The second-order valence-electron chi connectivity index (χ2n) is 6.54. The SMILES string of the molecule is CC1C=C(C(C)(C)C)SC1C(C)(C)C. The summed E-state index contributed by atoms with van der Waals surface area (Å²) in [6, 6.07) is 0. The molecule has 14 heavy (non-hydrogen) atoms. The van der Waals surface area contributed by atoms with E-state index in [1.807, 2.05) is 0 Å². The minimum absolute atomic E-state index is 0.332. The zero-order valence-corrected chi connectivity index (χ0v) is 11.5. The lowest BCUT2D eigenvalue weighted by Crippen LogP contribution is -2.26. The number of hydrogen-bond acceptors (Lipinski definition) is 1. The third-order valence-electron chi connectivity index (χ3n) is 2.74. The summed E-state index contributed by atoms with van der Waals surface area (Å²) in [6.07, 6.45) is 2.47. The molecule has 0 aromatic carbocycles. The molecule has 0 aromatic heterocycles. The molecule has 1 rings (SSSR count). The minimum Gasteiger partial charge on any atom is -0.126 e. The van der Waals surface area contributed by atoms with Crippen LogP contribution in [-0.4, -0.2) is 5.25 Å². The Morgan fingerprint density at radius 1 is 1.07 bits per heavy atom. The van der Waals surface area contributed by atoms with Gasteiger partial charge in [-0.15, -0.1) is 11.8 Å². The van der Waals surface area contributed by atoms with Crippen LogP contribution in [0.25, 0.3) is 0 Å². The highest BCUT2D eigenvalue weighted by Gasteiger charge is 2.37. The zero-order chi connectivity index (χ0) is 11.1. The first kappa shape index (κ1) is 12.2. The van der Waals surface area contributed by atoms with E-state index in [1.165, 1.54) is 0 Å². The van der Waals surface area contributed by atoms with Crippen LogP contribution in [0.1, 0.15) is 48.5 Å². The second kappa shape index (κ2) is 3.59. The first-order valence-corrected chi connectivity index (χ1v) is 6.39. The molecule has 0 fully saturated rings. The fourth-order valence-corrected chi connectivity index (χ4v) is 3.57. The van der Waals surface area contributed by atoms with E-state index in [0.717, 1.165) is 5.25 Å². The van der Waals surface area contributed by atoms with Crippen molar-refractivity contribution in [3.8, 4) is 0 Å². The topological polar surface area (TPSA) is 0 Å². The van der Waals surface area contributed by atoms with Gasteiger partial charge in [0.1, 0.15) is 0 Å². The van der Waals surface area contributed by atoms with Gasteiger partial charge in [0.05, 0.1) is 0 Å². The third-order valence-corrected chi connectivity index (χ3v) is 5.13. The van der Waals surface area contributed by atoms with Crippen molar-refractivity contribution in [1.29, 1.82) is 0 Å². The maximum atomic E-state index is 2.47. The number of allylic oxidation sites excluding steroid dienone is 2. The summed E-state index contributed by atoms with van der Waals surface area (Å²) >= 11 is 2.09. The molecular formula is C13H24S. The normalized spacial score (nSPS) is 29.2. The molecule has 0 N–H and O–H groups in total. The van der Waals surface area contributed by atoms with Gasteiger partial charge in [-0.2, -0.15) is 0 Å². The number of thioether (sulfide) groups is 1. The average Bonchev–Trinajstić information content (AvgIpc) is 2.27. The summed E-state index contributed by atoms with van der Waals surface area (Å²) < 4.78 is 0. The first-order chi connectivity index (χ1) is 6.12. The fourth-order valence-electron chi connectivity index (χ4n) is 2.00. The number of rotatable bonds is 0. The van der Waals surface area contributed by atoms with E-state index in [1.54, 1.807) is 4.91 Å². The Morgan fingerprint density at radius 3 is 1.79 bits per heavy atom. The van der Waals surface area contributed by atoms with Crippen molar-refractivity contribution in [3.05, 3.63) is 11.0 Å². The second-order valence-corrected chi connectivity index (χ2v) is 7.73. The molecular weight excluding hydrogens is 188 g/mol. The fraction of sp³-hybridized carbons (Fsp3) is 0.846. The summed E-state index contributed by atoms with van der Waals surface area (Å²) in [5, 5.41) is 0.747. The van der Waals surface area contributed by atoms with Crippen molar-refractivity contribution in [3.63, 3.8) is 0 Å². The first-order valence-electron chi connectivity index (χ1n) is 5.51. The molecule has 1 aliphatic heterocycles. The summed E-state index contributed by atoms with van der Waals surface area (Å²) in [5.74, 6) is 0.717. The van der Waals surface area contributed by atoms with Gasteiger partial charge < -0.3 is 0 Å². The lowest BCUT2D eigenvalue weighted by molar-refractivity contribution is 0.356. The van der Waals surface area contributed by atoms with Gasteiger partial charge in [0.25, 0.3) is 0 Å². The molecule has 1 heteroatoms. The molecule has 1 aliphatic rings. The van der Waals surface area contributed by atoms with Gasteiger partial charge in [-0.1, -0.05) is 54.5 Å². The standard InChI is InChI=1S/C13H24S/c1-9-8-10(12(2,3)4)14-11(9)13(5,6)7/h8-9,11H,1-7H3. The summed E-state index contributed by atoms with van der Waals surface area (Å²) in [5.41, 5.74) is 0.743. The highest BCUT2D eigenvalue weighted by molar-refractivity contribution is 8.04. The van der Waals surface area contributed by atoms with E-state index in [2.05, 4.69) is 66.3 Å². The van der Waals surface area contributed by atoms with E-state index < -0.39 is 0 Å². The van der Waals surface area contributed by atoms with Crippen LogP contribution in [0.3, 0.4) is 0 Å². The molecule has 0 radical (unpaired) electrons. The monoisotopic (exact) mass is 212 g/mol. The van der Waals surface area contributed by atoms with Gasteiger partial charge in [-0.3, -0.25) is 0 Å². The molecule has 0 saturated carbocycles. The van der Waals surface area contributed by atoms with Crippen LogP contribution in [0.2, 0.25) is 0 Å². The van der Waals surface area contributed by atoms with E-state index in [9.17, 15) is 0 Å². The Labute approximate surface area is 93.5 Å². The Kier molecular flexibility index (Phi) is 3.12. The average molecular weight is 212 g/mol. The Bertz CT molecular complexity index is 237. The van der Waals surface area contributed by atoms with Crippen LogP contribution in [-0.2, 0) is 0 Å².